The third-order valence-corrected chi connectivity index (χ3v) is 2.39. The Hall–Kier alpha value is 3.96. The molecule has 0 saturated heterocycles. The van der Waals surface area contributed by atoms with E-state index >= 15 is 0 Å². The van der Waals surface area contributed by atoms with Crippen molar-refractivity contribution < 1.29 is 174 Å². The van der Waals surface area contributed by atoms with E-state index in [0.29, 0.717) is 25.9 Å². The van der Waals surface area contributed by atoms with Gasteiger partial charge in [-0.05, 0) is 25.7 Å². The van der Waals surface area contributed by atoms with E-state index in [2.05, 4.69) is 0 Å². The van der Waals surface area contributed by atoms with Crippen LogP contribution in [0.5, 0.6) is 0 Å². The predicted octanol–water partition coefficient (Wildman–Crippen LogP) is -10.8. The zero-order valence-corrected chi connectivity index (χ0v) is 22.6. The molecule has 0 aliphatic heterocycles. The summed E-state index contributed by atoms with van der Waals surface area (Å²) in [5, 5.41) is 20.4. The van der Waals surface area contributed by atoms with Gasteiger partial charge in [-0.15, -0.1) is 0 Å². The normalized spacial score (nSPS) is 8.21. The summed E-state index contributed by atoms with van der Waals surface area (Å²) in [7, 11) is 0. The molecule has 0 atom stereocenters. The van der Waals surface area contributed by atoms with E-state index < -0.39 is 11.9 Å². The van der Waals surface area contributed by atoms with Crippen LogP contribution in [0.2, 0.25) is 0 Å². The van der Waals surface area contributed by atoms with Crippen LogP contribution in [0.15, 0.2) is 0 Å². The minimum atomic E-state index is -1.12. The molecule has 0 aliphatic rings. The van der Waals surface area contributed by atoms with Gasteiger partial charge in [0, 0.05) is 25.0 Å². The minimum Gasteiger partial charge on any atom is -0.550 e. The van der Waals surface area contributed by atoms with E-state index in [9.17, 15) is 19.8 Å². The van der Waals surface area contributed by atoms with Gasteiger partial charge in [0.1, 0.15) is 0 Å². The number of carboxylic acids is 2. The van der Waals surface area contributed by atoms with E-state index in [0.717, 1.165) is 0 Å². The van der Waals surface area contributed by atoms with Gasteiger partial charge in [0.25, 0.3) is 0 Å². The molecule has 0 radical (unpaired) electrons. The summed E-state index contributed by atoms with van der Waals surface area (Å²) in [6.07, 6.45) is 0.638. The third-order valence-electron chi connectivity index (χ3n) is 1.88. The summed E-state index contributed by atoms with van der Waals surface area (Å²) in [5.41, 5.74) is 0. The fourth-order valence-electron chi connectivity index (χ4n) is 1.12. The second kappa shape index (κ2) is 20.0. The molecule has 0 saturated carbocycles. The summed E-state index contributed by atoms with van der Waals surface area (Å²) in [6, 6.07) is 0. The van der Waals surface area contributed by atoms with Crippen LogP contribution in [0.3, 0.4) is 0 Å². The van der Waals surface area contributed by atoms with E-state index in [1.54, 1.807) is 4.90 Å². The van der Waals surface area contributed by atoms with Crippen molar-refractivity contribution in [2.45, 2.75) is 25.7 Å². The van der Waals surface area contributed by atoms with E-state index in [4.69, 9.17) is 24.8 Å². The Morgan fingerprint density at radius 2 is 1.26 bits per heavy atom. The first kappa shape index (κ1) is 30.8. The maximum atomic E-state index is 10.2. The third kappa shape index (κ3) is 22.0. The van der Waals surface area contributed by atoms with Crippen molar-refractivity contribution in [2.24, 2.45) is 0 Å². The molecule has 0 unspecified atom stereocenters. The van der Waals surface area contributed by atoms with Crippen LogP contribution in [-0.4, -0.2) is 34.2 Å². The summed E-state index contributed by atoms with van der Waals surface area (Å²) in [6.45, 7) is 0.812. The Balaban J connectivity index is -0.000000375. The van der Waals surface area contributed by atoms with Gasteiger partial charge in [0.05, 0.1) is 0 Å². The largest absolute Gasteiger partial charge is 1.00 e. The molecule has 92 valence electrons. The average molecular weight is 380 g/mol. The summed E-state index contributed by atoms with van der Waals surface area (Å²) in [4.78, 5) is 22.0. The van der Waals surface area contributed by atoms with Crippen LogP contribution < -0.4 is 164 Å². The molecule has 19 heavy (non-hydrogen) atoms. The molecule has 0 aromatic rings. The monoisotopic (exact) mass is 379 g/mol. The Kier molecular flexibility index (Phi) is 32.4. The first-order valence-corrected chi connectivity index (χ1v) is 5.60. The maximum absolute atomic E-state index is 10.2. The second-order valence-electron chi connectivity index (χ2n) is 3.20. The Morgan fingerprint density at radius 3 is 1.47 bits per heavy atom. The van der Waals surface area contributed by atoms with Crippen LogP contribution >= 0.6 is 12.2 Å². The molecule has 0 N–H and O–H groups in total. The molecule has 0 bridgehead atoms. The van der Waals surface area contributed by atoms with E-state index in [1.165, 1.54) is 0 Å². The summed E-state index contributed by atoms with van der Waals surface area (Å²) >= 11 is 9.58. The number of thiocarbonyl (C=S) groups is 1. The fourth-order valence-corrected chi connectivity index (χ4v) is 1.49. The Labute approximate surface area is 252 Å². The van der Waals surface area contributed by atoms with Crippen LogP contribution in [-0.2, 0) is 22.2 Å². The van der Waals surface area contributed by atoms with Crippen LogP contribution in [0.25, 0.3) is 0 Å². The molecule has 0 aliphatic carbocycles. The number of rotatable bonds is 8. The predicted molar refractivity (Wildman–Crippen MR) is 60.0 cm³/mol. The zero-order valence-electron chi connectivity index (χ0n) is 11.6. The van der Waals surface area contributed by atoms with Crippen LogP contribution in [0, 0.1) is 0 Å². The standard InChI is InChI=1S/C9H15NO4S2.3K/c11-7(12)3-1-5-10(9(15)16)6-2-4-8(13)14;;;/h1-6H2,(H,11,12)(H,13,14)(H,15,16);;;/q;3*+1/p-3. The molecule has 5 nitrogen and oxygen atoms in total. The van der Waals surface area contributed by atoms with Gasteiger partial charge in [-0.2, -0.15) is 0 Å². The van der Waals surface area contributed by atoms with Gasteiger partial charge in [-0.3, -0.25) is 0 Å². The number of carboxylic acid groups (broad SMARTS) is 2. The zero-order chi connectivity index (χ0) is 12.6. The summed E-state index contributed by atoms with van der Waals surface area (Å²) < 4.78 is 0.219. The smallest absolute Gasteiger partial charge is 0.550 e. The van der Waals surface area contributed by atoms with Crippen molar-refractivity contribution in [3.8, 4) is 0 Å². The van der Waals surface area contributed by atoms with Gasteiger partial charge in [0.15, 0.2) is 0 Å². The maximum Gasteiger partial charge on any atom is 1.00 e. The first-order valence-electron chi connectivity index (χ1n) is 4.79. The van der Waals surface area contributed by atoms with Gasteiger partial charge >= 0.3 is 154 Å². The number of hydrogen-bond donors (Lipinski definition) is 0. The number of nitrogens with zero attached hydrogens (tertiary/aromatic N) is 1. The van der Waals surface area contributed by atoms with Gasteiger partial charge in [-0.1, -0.05) is 4.32 Å². The number of aliphatic carboxylic acids is 2. The van der Waals surface area contributed by atoms with Crippen LogP contribution in [0.4, 0.5) is 0 Å². The molecule has 0 aromatic carbocycles. The SMILES string of the molecule is O=C([O-])CCCN(CCCC(=O)[O-])C(=S)[S-].[K+].[K+].[K+]. The average Bonchev–Trinajstić information content (AvgIpc) is 2.14. The van der Waals surface area contributed by atoms with Crippen molar-refractivity contribution in [1.82, 2.24) is 4.90 Å². The topological polar surface area (TPSA) is 83.5 Å². The molecule has 0 heterocycles. The molecule has 0 aromatic heterocycles. The van der Waals surface area contributed by atoms with E-state index in [-0.39, 0.29) is 171 Å². The van der Waals surface area contributed by atoms with Gasteiger partial charge in [-0.25, -0.2) is 0 Å². The summed E-state index contributed by atoms with van der Waals surface area (Å²) in [5.74, 6) is -2.24. The molecule has 0 rings (SSSR count). The van der Waals surface area contributed by atoms with Crippen LogP contribution in [0.1, 0.15) is 25.7 Å². The molecule has 10 heteroatoms. The molecule has 0 spiro atoms. The Morgan fingerprint density at radius 1 is 0.947 bits per heavy atom. The molecule has 0 fully saturated rings. The number of carbonyl (C=O) groups excluding carboxylic acids is 2. The van der Waals surface area contributed by atoms with Crippen molar-refractivity contribution in [1.29, 1.82) is 0 Å². The van der Waals surface area contributed by atoms with Gasteiger partial charge < -0.3 is 49.5 Å². The van der Waals surface area contributed by atoms with Crippen molar-refractivity contribution in [3.05, 3.63) is 0 Å². The number of hydrogen-bond acceptors (Lipinski definition) is 6. The number of carbonyl (C=O) groups is 2. The Bertz CT molecular complexity index is 262. The second-order valence-corrected chi connectivity index (χ2v) is 4.24. The van der Waals surface area contributed by atoms with Crippen molar-refractivity contribution in [3.63, 3.8) is 0 Å². The van der Waals surface area contributed by atoms with Gasteiger partial charge in [0.2, 0.25) is 0 Å². The molecular formula is C9H12K3NO4S2. The quantitative estimate of drug-likeness (QED) is 0.235. The van der Waals surface area contributed by atoms with Crippen molar-refractivity contribution in [2.75, 3.05) is 13.1 Å². The molecule has 0 amide bonds. The first-order chi connectivity index (χ1) is 7.43. The fraction of sp³-hybridized carbons (Fsp3) is 0.667. The van der Waals surface area contributed by atoms with E-state index in [1.807, 2.05) is 0 Å². The van der Waals surface area contributed by atoms with Crippen molar-refractivity contribution >= 4 is 41.1 Å². The molecular weight excluding hydrogens is 368 g/mol. The minimum absolute atomic E-state index is 0.